The van der Waals surface area contributed by atoms with Crippen molar-refractivity contribution in [1.29, 1.82) is 0 Å². The number of likely N-dealkylation sites (N-methyl/N-ethyl adjacent to an activating group) is 2. The highest BCUT2D eigenvalue weighted by molar-refractivity contribution is 7.85. The second-order valence-electron chi connectivity index (χ2n) is 3.89. The molecule has 1 aliphatic heterocycles. The van der Waals surface area contributed by atoms with E-state index in [1.54, 1.807) is 0 Å². The third kappa shape index (κ3) is 3.91. The average molecular weight is 222 g/mol. The molecule has 0 aliphatic carbocycles. The van der Waals surface area contributed by atoms with Crippen LogP contribution >= 0.6 is 0 Å². The molecule has 84 valence electrons. The van der Waals surface area contributed by atoms with Gasteiger partial charge in [-0.1, -0.05) is 0 Å². The summed E-state index contributed by atoms with van der Waals surface area (Å²) in [5.41, 5.74) is 0. The van der Waals surface area contributed by atoms with Gasteiger partial charge in [-0.2, -0.15) is 8.42 Å². The molecule has 0 bridgehead atoms. The monoisotopic (exact) mass is 222 g/mol. The maximum Gasteiger partial charge on any atom is 0.264 e. The van der Waals surface area contributed by atoms with Gasteiger partial charge in [-0.15, -0.1) is 0 Å². The van der Waals surface area contributed by atoms with Gasteiger partial charge in [0.15, 0.2) is 0 Å². The van der Waals surface area contributed by atoms with E-state index in [1.165, 1.54) is 0 Å². The Kier molecular flexibility index (Phi) is 3.88. The fourth-order valence-electron chi connectivity index (χ4n) is 1.48. The Hall–Kier alpha value is -0.170. The van der Waals surface area contributed by atoms with E-state index in [1.807, 2.05) is 14.1 Å². The smallest absolute Gasteiger partial charge is 0.264 e. The minimum atomic E-state index is -3.31. The molecule has 0 aromatic rings. The van der Waals surface area contributed by atoms with Crippen LogP contribution in [0.5, 0.6) is 0 Å². The Bertz CT molecular complexity index is 278. The highest BCUT2D eigenvalue weighted by Gasteiger charge is 2.23. The summed E-state index contributed by atoms with van der Waals surface area (Å²) in [6.45, 7) is 3.08. The van der Waals surface area contributed by atoms with Crippen molar-refractivity contribution in [2.75, 3.05) is 46.6 Å². The Morgan fingerprint density at radius 2 is 2.00 bits per heavy atom. The number of hydrogen-bond donors (Lipinski definition) is 0. The van der Waals surface area contributed by atoms with Crippen molar-refractivity contribution < 1.29 is 12.6 Å². The van der Waals surface area contributed by atoms with Crippen LogP contribution in [0.25, 0.3) is 0 Å². The molecule has 0 amide bonds. The summed E-state index contributed by atoms with van der Waals surface area (Å²) < 4.78 is 26.4. The Morgan fingerprint density at radius 1 is 1.36 bits per heavy atom. The lowest BCUT2D eigenvalue weighted by Crippen LogP contribution is -2.52. The van der Waals surface area contributed by atoms with Gasteiger partial charge in [0.25, 0.3) is 10.1 Å². The van der Waals surface area contributed by atoms with Gasteiger partial charge in [-0.25, -0.2) is 0 Å². The lowest BCUT2D eigenvalue weighted by atomic mass is 10.2. The number of hydrogen-bond acceptors (Lipinski definition) is 5. The second kappa shape index (κ2) is 4.57. The standard InChI is InChI=1S/C8H18N2O3S/c1-9-4-5-10(2)8(6-9)7-13-14(3,11)12/h8H,4-7H2,1-3H3. The van der Waals surface area contributed by atoms with Crippen molar-refractivity contribution >= 4 is 10.1 Å². The highest BCUT2D eigenvalue weighted by atomic mass is 32.2. The zero-order valence-electron chi connectivity index (χ0n) is 8.93. The van der Waals surface area contributed by atoms with Gasteiger partial charge in [-0.05, 0) is 14.1 Å². The Labute approximate surface area is 85.8 Å². The minimum Gasteiger partial charge on any atom is -0.303 e. The molecule has 14 heavy (non-hydrogen) atoms. The van der Waals surface area contributed by atoms with Crippen LogP contribution in [-0.2, 0) is 14.3 Å². The van der Waals surface area contributed by atoms with E-state index >= 15 is 0 Å². The molecule has 1 aliphatic rings. The molecular formula is C8H18N2O3S. The first kappa shape index (κ1) is 11.9. The zero-order chi connectivity index (χ0) is 10.8. The molecule has 0 saturated carbocycles. The largest absolute Gasteiger partial charge is 0.303 e. The highest BCUT2D eigenvalue weighted by Crippen LogP contribution is 2.07. The van der Waals surface area contributed by atoms with Crippen molar-refractivity contribution in [1.82, 2.24) is 9.80 Å². The number of nitrogens with zero attached hydrogens (tertiary/aromatic N) is 2. The van der Waals surface area contributed by atoms with E-state index in [0.29, 0.717) is 0 Å². The van der Waals surface area contributed by atoms with Crippen LogP contribution in [0.15, 0.2) is 0 Å². The zero-order valence-corrected chi connectivity index (χ0v) is 9.75. The average Bonchev–Trinajstić information content (AvgIpc) is 2.05. The topological polar surface area (TPSA) is 49.9 Å². The molecule has 0 radical (unpaired) electrons. The molecule has 0 aromatic heterocycles. The quantitative estimate of drug-likeness (QED) is 0.586. The van der Waals surface area contributed by atoms with E-state index < -0.39 is 10.1 Å². The van der Waals surface area contributed by atoms with Crippen LogP contribution in [0, 0.1) is 0 Å². The van der Waals surface area contributed by atoms with Gasteiger partial charge in [0, 0.05) is 25.7 Å². The van der Waals surface area contributed by atoms with Crippen molar-refractivity contribution in [3.63, 3.8) is 0 Å². The van der Waals surface area contributed by atoms with Crippen LogP contribution in [0.1, 0.15) is 0 Å². The lowest BCUT2D eigenvalue weighted by molar-refractivity contribution is 0.0804. The van der Waals surface area contributed by atoms with Crippen LogP contribution in [0.4, 0.5) is 0 Å². The summed E-state index contributed by atoms with van der Waals surface area (Å²) in [5, 5.41) is 0. The predicted molar refractivity (Wildman–Crippen MR) is 54.7 cm³/mol. The summed E-state index contributed by atoms with van der Waals surface area (Å²) in [7, 11) is 0.708. The van der Waals surface area contributed by atoms with Gasteiger partial charge in [0.2, 0.25) is 0 Å². The number of rotatable bonds is 3. The fourth-order valence-corrected chi connectivity index (χ4v) is 1.89. The molecule has 1 atom stereocenters. The predicted octanol–water partition coefficient (Wildman–Crippen LogP) is -0.792. The molecule has 1 fully saturated rings. The molecule has 6 heteroatoms. The molecular weight excluding hydrogens is 204 g/mol. The fraction of sp³-hybridized carbons (Fsp3) is 1.00. The van der Waals surface area contributed by atoms with E-state index in [4.69, 9.17) is 4.18 Å². The molecule has 0 aromatic carbocycles. The van der Waals surface area contributed by atoms with Gasteiger partial charge in [0.1, 0.15) is 0 Å². The van der Waals surface area contributed by atoms with Crippen LogP contribution in [0.2, 0.25) is 0 Å². The maximum absolute atomic E-state index is 10.8. The first-order valence-corrected chi connectivity index (χ1v) is 6.43. The Balaban J connectivity index is 2.42. The summed E-state index contributed by atoms with van der Waals surface area (Å²) in [5.74, 6) is 0. The van der Waals surface area contributed by atoms with Gasteiger partial charge >= 0.3 is 0 Å². The second-order valence-corrected chi connectivity index (χ2v) is 5.53. The van der Waals surface area contributed by atoms with Crippen LogP contribution < -0.4 is 0 Å². The lowest BCUT2D eigenvalue weighted by Gasteiger charge is -2.37. The molecule has 1 saturated heterocycles. The normalized spacial score (nSPS) is 26.6. The first-order chi connectivity index (χ1) is 6.38. The van der Waals surface area contributed by atoms with Crippen molar-refractivity contribution in [2.24, 2.45) is 0 Å². The molecule has 1 heterocycles. The minimum absolute atomic E-state index is 0.170. The third-order valence-electron chi connectivity index (χ3n) is 2.45. The Morgan fingerprint density at radius 3 is 2.57 bits per heavy atom. The summed E-state index contributed by atoms with van der Waals surface area (Å²) >= 11 is 0. The van der Waals surface area contributed by atoms with Crippen LogP contribution in [0.3, 0.4) is 0 Å². The van der Waals surface area contributed by atoms with Gasteiger partial charge in [-0.3, -0.25) is 9.08 Å². The third-order valence-corrected chi connectivity index (χ3v) is 3.02. The van der Waals surface area contributed by atoms with E-state index in [0.717, 1.165) is 25.9 Å². The van der Waals surface area contributed by atoms with E-state index in [-0.39, 0.29) is 12.6 Å². The van der Waals surface area contributed by atoms with E-state index in [2.05, 4.69) is 9.80 Å². The maximum atomic E-state index is 10.8. The molecule has 5 nitrogen and oxygen atoms in total. The summed E-state index contributed by atoms with van der Waals surface area (Å²) in [6.07, 6.45) is 1.08. The van der Waals surface area contributed by atoms with Crippen molar-refractivity contribution in [2.45, 2.75) is 6.04 Å². The van der Waals surface area contributed by atoms with Gasteiger partial charge in [0.05, 0.1) is 12.9 Å². The first-order valence-electron chi connectivity index (χ1n) is 4.61. The van der Waals surface area contributed by atoms with Crippen molar-refractivity contribution in [3.8, 4) is 0 Å². The molecule has 0 spiro atoms. The van der Waals surface area contributed by atoms with E-state index in [9.17, 15) is 8.42 Å². The SMILES string of the molecule is CN1CCN(C)C(COS(C)(=O)=O)C1. The van der Waals surface area contributed by atoms with Crippen LogP contribution in [-0.4, -0.2) is 70.9 Å². The van der Waals surface area contributed by atoms with Gasteiger partial charge < -0.3 is 4.90 Å². The molecule has 0 N–H and O–H groups in total. The summed E-state index contributed by atoms with van der Waals surface area (Å²) in [6, 6.07) is 0.170. The van der Waals surface area contributed by atoms with Crippen molar-refractivity contribution in [3.05, 3.63) is 0 Å². The number of piperazine rings is 1. The molecule has 1 rings (SSSR count). The molecule has 1 unspecified atom stereocenters. The summed E-state index contributed by atoms with van der Waals surface area (Å²) in [4.78, 5) is 4.31.